The summed E-state index contributed by atoms with van der Waals surface area (Å²) in [5, 5.41) is 12.4. The maximum absolute atomic E-state index is 11.9. The molecule has 1 amide bonds. The second kappa shape index (κ2) is 5.30. The molecule has 5 nitrogen and oxygen atoms in total. The highest BCUT2D eigenvalue weighted by Crippen LogP contribution is 2.27. The molecule has 96 valence electrons. The number of pyridine rings is 1. The topological polar surface area (TPSA) is 79.3 Å². The van der Waals surface area contributed by atoms with E-state index >= 15 is 0 Å². The van der Waals surface area contributed by atoms with Crippen LogP contribution in [-0.4, -0.2) is 21.8 Å². The van der Waals surface area contributed by atoms with E-state index in [9.17, 15) is 14.7 Å². The third-order valence-electron chi connectivity index (χ3n) is 2.56. The van der Waals surface area contributed by atoms with Crippen LogP contribution in [0.1, 0.15) is 27.8 Å². The van der Waals surface area contributed by atoms with Gasteiger partial charge in [-0.1, -0.05) is 12.1 Å². The number of anilines is 1. The molecule has 0 radical (unpaired) electrons. The van der Waals surface area contributed by atoms with Gasteiger partial charge in [0.1, 0.15) is 11.4 Å². The molecule has 0 saturated heterocycles. The molecule has 0 fully saturated rings. The van der Waals surface area contributed by atoms with Gasteiger partial charge in [-0.3, -0.25) is 14.6 Å². The Bertz CT molecular complexity index is 624. The number of rotatable bonds is 3. The van der Waals surface area contributed by atoms with Crippen molar-refractivity contribution in [2.75, 3.05) is 5.32 Å². The quantitative estimate of drug-likeness (QED) is 0.652. The number of nitrogens with zero attached hydrogens (tertiary/aromatic N) is 1. The lowest BCUT2D eigenvalue weighted by Crippen LogP contribution is -2.13. The first-order valence-electron chi connectivity index (χ1n) is 5.65. The van der Waals surface area contributed by atoms with E-state index in [4.69, 9.17) is 0 Å². The summed E-state index contributed by atoms with van der Waals surface area (Å²) in [5.41, 5.74) is 0.581. The number of nitrogens with one attached hydrogen (secondary N) is 1. The predicted octanol–water partition coefficient (Wildman–Crippen LogP) is 2.24. The van der Waals surface area contributed by atoms with E-state index in [1.807, 2.05) is 0 Å². The highest BCUT2D eigenvalue weighted by atomic mass is 16.3. The third kappa shape index (κ3) is 2.77. The van der Waals surface area contributed by atoms with Crippen LogP contribution < -0.4 is 5.32 Å². The summed E-state index contributed by atoms with van der Waals surface area (Å²) in [6, 6.07) is 9.54. The highest BCUT2D eigenvalue weighted by Gasteiger charge is 2.13. The normalized spacial score (nSPS) is 9.95. The molecule has 1 heterocycles. The number of aromatic nitrogens is 1. The lowest BCUT2D eigenvalue weighted by atomic mass is 10.1. The fourth-order valence-electron chi connectivity index (χ4n) is 1.61. The molecule has 0 aliphatic rings. The van der Waals surface area contributed by atoms with Crippen molar-refractivity contribution in [3.8, 4) is 5.75 Å². The van der Waals surface area contributed by atoms with Gasteiger partial charge >= 0.3 is 0 Å². The fraction of sp³-hybridized carbons (Fsp3) is 0.0714. The predicted molar refractivity (Wildman–Crippen MR) is 70.3 cm³/mol. The van der Waals surface area contributed by atoms with Crippen molar-refractivity contribution in [1.82, 2.24) is 4.98 Å². The number of ketones is 1. The van der Waals surface area contributed by atoms with Gasteiger partial charge in [0.25, 0.3) is 5.91 Å². The van der Waals surface area contributed by atoms with E-state index < -0.39 is 5.91 Å². The monoisotopic (exact) mass is 256 g/mol. The summed E-state index contributed by atoms with van der Waals surface area (Å²) in [4.78, 5) is 27.1. The summed E-state index contributed by atoms with van der Waals surface area (Å²) in [6.07, 6.45) is 1.50. The maximum atomic E-state index is 11.9. The molecular formula is C14H12N2O3. The van der Waals surface area contributed by atoms with E-state index in [1.165, 1.54) is 25.3 Å². The first-order chi connectivity index (χ1) is 9.09. The van der Waals surface area contributed by atoms with Gasteiger partial charge in [-0.05, 0) is 31.2 Å². The summed E-state index contributed by atoms with van der Waals surface area (Å²) >= 11 is 0. The Kier molecular flexibility index (Phi) is 3.56. The fourth-order valence-corrected chi connectivity index (χ4v) is 1.61. The number of carbonyl (C=O) groups is 2. The van der Waals surface area contributed by atoms with Crippen LogP contribution in [0.4, 0.5) is 5.69 Å². The van der Waals surface area contributed by atoms with Crippen LogP contribution in [-0.2, 0) is 0 Å². The summed E-state index contributed by atoms with van der Waals surface area (Å²) in [6.45, 7) is 1.35. The van der Waals surface area contributed by atoms with Gasteiger partial charge in [-0.15, -0.1) is 0 Å². The molecule has 2 aromatic rings. The number of benzene rings is 1. The van der Waals surface area contributed by atoms with Gasteiger partial charge < -0.3 is 10.4 Å². The standard InChI is InChI=1S/C14H12N2O3/c1-9(17)10-5-4-7-11(13(10)18)16-14(19)12-6-2-3-8-15-12/h2-8,18H,1H3,(H,16,19). The zero-order valence-electron chi connectivity index (χ0n) is 10.3. The van der Waals surface area contributed by atoms with Gasteiger partial charge in [-0.25, -0.2) is 0 Å². The molecular weight excluding hydrogens is 244 g/mol. The van der Waals surface area contributed by atoms with Gasteiger partial charge in [0.15, 0.2) is 5.78 Å². The van der Waals surface area contributed by atoms with Crippen LogP contribution in [0, 0.1) is 0 Å². The van der Waals surface area contributed by atoms with Crippen molar-refractivity contribution in [3.05, 3.63) is 53.9 Å². The van der Waals surface area contributed by atoms with Crippen LogP contribution in [0.25, 0.3) is 0 Å². The molecule has 2 N–H and O–H groups in total. The van der Waals surface area contributed by atoms with Gasteiger partial charge in [-0.2, -0.15) is 0 Å². The second-order valence-corrected chi connectivity index (χ2v) is 3.93. The van der Waals surface area contributed by atoms with E-state index in [0.29, 0.717) is 0 Å². The van der Waals surface area contributed by atoms with Gasteiger partial charge in [0.05, 0.1) is 11.3 Å². The van der Waals surface area contributed by atoms with Crippen molar-refractivity contribution < 1.29 is 14.7 Å². The first kappa shape index (κ1) is 12.8. The third-order valence-corrected chi connectivity index (χ3v) is 2.56. The van der Waals surface area contributed by atoms with Gasteiger partial charge in [0.2, 0.25) is 0 Å². The molecule has 0 spiro atoms. The van der Waals surface area contributed by atoms with E-state index in [0.717, 1.165) is 0 Å². The number of aromatic hydroxyl groups is 1. The minimum Gasteiger partial charge on any atom is -0.505 e. The maximum Gasteiger partial charge on any atom is 0.274 e. The molecule has 19 heavy (non-hydrogen) atoms. The highest BCUT2D eigenvalue weighted by molar-refractivity contribution is 6.05. The average Bonchev–Trinajstić information content (AvgIpc) is 2.41. The van der Waals surface area contributed by atoms with Crippen molar-refractivity contribution in [2.45, 2.75) is 6.92 Å². The molecule has 1 aromatic carbocycles. The van der Waals surface area contributed by atoms with E-state index in [1.54, 1.807) is 24.3 Å². The minimum atomic E-state index is -0.448. The second-order valence-electron chi connectivity index (χ2n) is 3.93. The van der Waals surface area contributed by atoms with Crippen LogP contribution in [0.5, 0.6) is 5.75 Å². The first-order valence-corrected chi connectivity index (χ1v) is 5.65. The smallest absolute Gasteiger partial charge is 0.274 e. The number of phenols is 1. The van der Waals surface area contributed by atoms with Crippen molar-refractivity contribution >= 4 is 17.4 Å². The molecule has 0 saturated carbocycles. The van der Waals surface area contributed by atoms with Crippen molar-refractivity contribution in [1.29, 1.82) is 0 Å². The largest absolute Gasteiger partial charge is 0.505 e. The van der Waals surface area contributed by atoms with Gasteiger partial charge in [0, 0.05) is 6.20 Å². The van der Waals surface area contributed by atoms with E-state index in [2.05, 4.69) is 10.3 Å². The number of amides is 1. The molecule has 0 atom stereocenters. The Hall–Kier alpha value is -2.69. The summed E-state index contributed by atoms with van der Waals surface area (Å²) in [7, 11) is 0. The summed E-state index contributed by atoms with van der Waals surface area (Å²) < 4.78 is 0. The molecule has 2 rings (SSSR count). The van der Waals surface area contributed by atoms with Crippen molar-refractivity contribution in [3.63, 3.8) is 0 Å². The Morgan fingerprint density at radius 2 is 1.95 bits per heavy atom. The SMILES string of the molecule is CC(=O)c1cccc(NC(=O)c2ccccn2)c1O. The molecule has 0 aliphatic heterocycles. The Labute approximate surface area is 109 Å². The number of hydrogen-bond donors (Lipinski definition) is 2. The zero-order chi connectivity index (χ0) is 13.8. The number of Topliss-reactive ketones (excluding diaryl/α,β-unsaturated/α-hetero) is 1. The van der Waals surface area contributed by atoms with Crippen LogP contribution in [0.2, 0.25) is 0 Å². The lowest BCUT2D eigenvalue weighted by Gasteiger charge is -2.09. The summed E-state index contributed by atoms with van der Waals surface area (Å²) in [5.74, 6) is -0.956. The molecule has 0 bridgehead atoms. The van der Waals surface area contributed by atoms with Crippen molar-refractivity contribution in [2.24, 2.45) is 0 Å². The molecule has 0 unspecified atom stereocenters. The Morgan fingerprint density at radius 3 is 2.58 bits per heavy atom. The van der Waals surface area contributed by atoms with Crippen LogP contribution in [0.3, 0.4) is 0 Å². The number of phenolic OH excluding ortho intramolecular Hbond substituents is 1. The number of carbonyl (C=O) groups excluding carboxylic acids is 2. The zero-order valence-corrected chi connectivity index (χ0v) is 10.3. The van der Waals surface area contributed by atoms with Crippen LogP contribution in [0.15, 0.2) is 42.6 Å². The average molecular weight is 256 g/mol. The number of hydrogen-bond acceptors (Lipinski definition) is 4. The lowest BCUT2D eigenvalue weighted by molar-refractivity contribution is 0.100. The molecule has 1 aromatic heterocycles. The number of para-hydroxylation sites is 1. The Morgan fingerprint density at radius 1 is 1.16 bits per heavy atom. The minimum absolute atomic E-state index is 0.166. The molecule has 5 heteroatoms. The van der Waals surface area contributed by atoms with Crippen LogP contribution >= 0.6 is 0 Å². The molecule has 0 aliphatic carbocycles. The Balaban J connectivity index is 2.27. The van der Waals surface area contributed by atoms with E-state index in [-0.39, 0.29) is 28.5 Å².